The molecule has 1 heterocycles. The van der Waals surface area contributed by atoms with Crippen LogP contribution in [0.5, 0.6) is 0 Å². The summed E-state index contributed by atoms with van der Waals surface area (Å²) in [7, 11) is 0. The fraction of sp³-hybridized carbons (Fsp3) is 0.150. The van der Waals surface area contributed by atoms with Crippen LogP contribution in [-0.4, -0.2) is 23.5 Å². The molecule has 0 saturated heterocycles. The van der Waals surface area contributed by atoms with Crippen molar-refractivity contribution >= 4 is 28.5 Å². The van der Waals surface area contributed by atoms with E-state index in [0.717, 1.165) is 23.0 Å². The summed E-state index contributed by atoms with van der Waals surface area (Å²) in [4.78, 5) is 28.7. The third kappa shape index (κ3) is 3.92. The molecule has 0 fully saturated rings. The van der Waals surface area contributed by atoms with Gasteiger partial charge < -0.3 is 10.1 Å². The maximum absolute atomic E-state index is 13.6. The number of esters is 1. The number of nitrogens with zero attached hydrogens (tertiary/aromatic N) is 1. The van der Waals surface area contributed by atoms with Crippen LogP contribution < -0.4 is 5.32 Å². The Labute approximate surface area is 154 Å². The monoisotopic (exact) mass is 370 g/mol. The maximum Gasteiger partial charge on any atom is 0.340 e. The molecule has 0 aliphatic carbocycles. The van der Waals surface area contributed by atoms with Crippen LogP contribution in [0.4, 0.5) is 14.5 Å². The average molecular weight is 370 g/mol. The number of aryl methyl sites for hydroxylation is 2. The number of carbonyl (C=O) groups excluding carboxylic acids is 2. The van der Waals surface area contributed by atoms with Crippen molar-refractivity contribution in [3.63, 3.8) is 0 Å². The molecule has 7 heteroatoms. The lowest BCUT2D eigenvalue weighted by Gasteiger charge is -2.12. The molecule has 2 aromatic carbocycles. The molecule has 0 spiro atoms. The van der Waals surface area contributed by atoms with Crippen molar-refractivity contribution in [2.75, 3.05) is 11.9 Å². The first-order chi connectivity index (χ1) is 12.9. The minimum Gasteiger partial charge on any atom is -0.452 e. The second-order valence-corrected chi connectivity index (χ2v) is 5.96. The summed E-state index contributed by atoms with van der Waals surface area (Å²) < 4.78 is 31.5. The number of carbonyl (C=O) groups is 2. The van der Waals surface area contributed by atoms with Crippen molar-refractivity contribution in [1.29, 1.82) is 0 Å². The number of nitrogens with one attached hydrogen (secondary N) is 1. The Morgan fingerprint density at radius 3 is 2.59 bits per heavy atom. The summed E-state index contributed by atoms with van der Waals surface area (Å²) in [6.45, 7) is 2.85. The maximum atomic E-state index is 13.6. The van der Waals surface area contributed by atoms with Crippen LogP contribution in [0.2, 0.25) is 0 Å². The number of pyridine rings is 1. The van der Waals surface area contributed by atoms with E-state index in [-0.39, 0.29) is 11.3 Å². The summed E-state index contributed by atoms with van der Waals surface area (Å²) in [5, 5.41) is 3.04. The van der Waals surface area contributed by atoms with Gasteiger partial charge in [0.1, 0.15) is 11.6 Å². The number of hydrogen-bond acceptors (Lipinski definition) is 4. The number of benzene rings is 2. The molecule has 0 aliphatic rings. The van der Waals surface area contributed by atoms with Crippen LogP contribution >= 0.6 is 0 Å². The quantitative estimate of drug-likeness (QED) is 0.707. The van der Waals surface area contributed by atoms with Gasteiger partial charge in [-0.05, 0) is 37.6 Å². The molecule has 0 radical (unpaired) electrons. The second kappa shape index (κ2) is 7.49. The number of ether oxygens (including phenoxy) is 1. The molecule has 0 atom stereocenters. The number of rotatable bonds is 4. The second-order valence-electron chi connectivity index (χ2n) is 5.96. The zero-order valence-corrected chi connectivity index (χ0v) is 14.7. The number of fused-ring (bicyclic) bond motifs is 1. The molecule has 1 N–H and O–H groups in total. The molecular formula is C20H16F2N2O3. The van der Waals surface area contributed by atoms with Gasteiger partial charge in [-0.25, -0.2) is 13.6 Å². The summed E-state index contributed by atoms with van der Waals surface area (Å²) in [6.07, 6.45) is 0. The topological polar surface area (TPSA) is 68.3 Å². The van der Waals surface area contributed by atoms with E-state index in [4.69, 9.17) is 4.74 Å². The standard InChI is InChI=1S/C20H16F2N2O3/c1-11-14-5-3-4-6-16(14)23-12(2)19(11)20(26)27-10-18(25)24-17-8-7-13(21)9-15(17)22/h3-9H,10H2,1-2H3,(H,24,25). The third-order valence-corrected chi connectivity index (χ3v) is 4.08. The summed E-state index contributed by atoms with van der Waals surface area (Å²) in [5.41, 5.74) is 2.04. The molecule has 138 valence electrons. The highest BCUT2D eigenvalue weighted by molar-refractivity contribution is 6.00. The lowest BCUT2D eigenvalue weighted by Crippen LogP contribution is -2.22. The fourth-order valence-electron chi connectivity index (χ4n) is 2.81. The highest BCUT2D eigenvalue weighted by Crippen LogP contribution is 2.23. The van der Waals surface area contributed by atoms with Gasteiger partial charge in [0, 0.05) is 11.5 Å². The van der Waals surface area contributed by atoms with Gasteiger partial charge in [0.15, 0.2) is 6.61 Å². The highest BCUT2D eigenvalue weighted by Gasteiger charge is 2.19. The molecule has 1 aromatic heterocycles. The van der Waals surface area contributed by atoms with Gasteiger partial charge in [0.2, 0.25) is 0 Å². The van der Waals surface area contributed by atoms with Crippen LogP contribution in [0.1, 0.15) is 21.6 Å². The molecule has 0 bridgehead atoms. The third-order valence-electron chi connectivity index (χ3n) is 4.08. The van der Waals surface area contributed by atoms with E-state index < -0.39 is 30.1 Å². The first-order valence-corrected chi connectivity index (χ1v) is 8.15. The number of halogens is 2. The van der Waals surface area contributed by atoms with Crippen LogP contribution in [-0.2, 0) is 9.53 Å². The number of anilines is 1. The van der Waals surface area contributed by atoms with E-state index >= 15 is 0 Å². The minimum absolute atomic E-state index is 0.197. The number of aromatic nitrogens is 1. The Bertz CT molecular complexity index is 1050. The number of hydrogen-bond donors (Lipinski definition) is 1. The van der Waals surface area contributed by atoms with Gasteiger partial charge in [-0.3, -0.25) is 9.78 Å². The molecule has 5 nitrogen and oxygen atoms in total. The van der Waals surface area contributed by atoms with E-state index in [1.165, 1.54) is 0 Å². The Hall–Kier alpha value is -3.35. The molecule has 27 heavy (non-hydrogen) atoms. The fourth-order valence-corrected chi connectivity index (χ4v) is 2.81. The molecule has 0 saturated carbocycles. The molecule has 3 rings (SSSR count). The van der Waals surface area contributed by atoms with Gasteiger partial charge in [0.25, 0.3) is 5.91 Å². The normalized spacial score (nSPS) is 10.7. The Balaban J connectivity index is 1.72. The van der Waals surface area contributed by atoms with E-state index in [1.807, 2.05) is 24.3 Å². The Kier molecular flexibility index (Phi) is 5.12. The summed E-state index contributed by atoms with van der Waals surface area (Å²) in [5.74, 6) is -3.11. The van der Waals surface area contributed by atoms with Crippen LogP contribution in [0.15, 0.2) is 42.5 Å². The zero-order valence-electron chi connectivity index (χ0n) is 14.7. The molecule has 1 amide bonds. The van der Waals surface area contributed by atoms with E-state index in [9.17, 15) is 18.4 Å². The van der Waals surface area contributed by atoms with Crippen molar-refractivity contribution in [3.05, 3.63) is 70.9 Å². The molecule has 3 aromatic rings. The van der Waals surface area contributed by atoms with Crippen molar-refractivity contribution in [2.24, 2.45) is 0 Å². The van der Waals surface area contributed by atoms with E-state index in [1.54, 1.807) is 13.8 Å². The van der Waals surface area contributed by atoms with Gasteiger partial charge in [-0.1, -0.05) is 18.2 Å². The average Bonchev–Trinajstić information content (AvgIpc) is 2.62. The summed E-state index contributed by atoms with van der Waals surface area (Å²) >= 11 is 0. The first-order valence-electron chi connectivity index (χ1n) is 8.15. The summed E-state index contributed by atoms with van der Waals surface area (Å²) in [6, 6.07) is 10.1. The Morgan fingerprint density at radius 2 is 1.85 bits per heavy atom. The highest BCUT2D eigenvalue weighted by atomic mass is 19.1. The van der Waals surface area contributed by atoms with Crippen LogP contribution in [0.3, 0.4) is 0 Å². The lowest BCUT2D eigenvalue weighted by atomic mass is 10.0. The van der Waals surface area contributed by atoms with Gasteiger partial charge in [-0.15, -0.1) is 0 Å². The first kappa shape index (κ1) is 18.4. The van der Waals surface area contributed by atoms with Crippen molar-refractivity contribution in [2.45, 2.75) is 13.8 Å². The SMILES string of the molecule is Cc1nc2ccccc2c(C)c1C(=O)OCC(=O)Nc1ccc(F)cc1F. The van der Waals surface area contributed by atoms with Gasteiger partial charge in [-0.2, -0.15) is 0 Å². The largest absolute Gasteiger partial charge is 0.452 e. The smallest absolute Gasteiger partial charge is 0.340 e. The van der Waals surface area contributed by atoms with E-state index in [0.29, 0.717) is 17.3 Å². The van der Waals surface area contributed by atoms with Gasteiger partial charge >= 0.3 is 5.97 Å². The molecular weight excluding hydrogens is 354 g/mol. The van der Waals surface area contributed by atoms with Gasteiger partial charge in [0.05, 0.1) is 22.5 Å². The Morgan fingerprint density at radius 1 is 1.11 bits per heavy atom. The van der Waals surface area contributed by atoms with Crippen molar-refractivity contribution in [1.82, 2.24) is 4.98 Å². The van der Waals surface area contributed by atoms with Crippen molar-refractivity contribution < 1.29 is 23.1 Å². The predicted molar refractivity (Wildman–Crippen MR) is 96.5 cm³/mol. The predicted octanol–water partition coefficient (Wildman–Crippen LogP) is 3.93. The zero-order chi connectivity index (χ0) is 19.6. The van der Waals surface area contributed by atoms with Crippen LogP contribution in [0, 0.1) is 25.5 Å². The van der Waals surface area contributed by atoms with Crippen molar-refractivity contribution in [3.8, 4) is 0 Å². The molecule has 0 unspecified atom stereocenters. The van der Waals surface area contributed by atoms with Crippen LogP contribution in [0.25, 0.3) is 10.9 Å². The number of amides is 1. The molecule has 0 aliphatic heterocycles. The lowest BCUT2D eigenvalue weighted by molar-refractivity contribution is -0.119. The van der Waals surface area contributed by atoms with E-state index in [2.05, 4.69) is 10.3 Å². The minimum atomic E-state index is -0.917. The number of para-hydroxylation sites is 1.